The monoisotopic (exact) mass is 557 g/mol. The van der Waals surface area contributed by atoms with Gasteiger partial charge in [-0.2, -0.15) is 5.10 Å². The molecule has 1 aliphatic rings. The zero-order chi connectivity index (χ0) is 28.8. The number of nitrogens with two attached hydrogens (primary N) is 1. The maximum absolute atomic E-state index is 12.9. The van der Waals surface area contributed by atoms with Crippen LogP contribution in [0.15, 0.2) is 30.6 Å². The molecule has 3 aromatic rings. The number of alkyl halides is 2. The Morgan fingerprint density at radius 3 is 2.62 bits per heavy atom. The van der Waals surface area contributed by atoms with E-state index in [9.17, 15) is 8.78 Å². The molecule has 3 heterocycles. The van der Waals surface area contributed by atoms with Crippen molar-refractivity contribution in [3.8, 4) is 11.3 Å². The van der Waals surface area contributed by atoms with Crippen LogP contribution in [0, 0.1) is 0 Å². The normalized spacial score (nSPS) is 17.5. The summed E-state index contributed by atoms with van der Waals surface area (Å²) in [6, 6.07) is 5.88. The van der Waals surface area contributed by atoms with Gasteiger partial charge >= 0.3 is 0 Å². The summed E-state index contributed by atoms with van der Waals surface area (Å²) in [6.07, 6.45) is 0.754. The van der Waals surface area contributed by atoms with Crippen LogP contribution in [-0.4, -0.2) is 47.6 Å². The Balaban J connectivity index is 1.63. The molecule has 0 amide bonds. The minimum Gasteiger partial charge on any atom is -0.416 e. The van der Waals surface area contributed by atoms with Crippen LogP contribution < -0.4 is 16.4 Å². The number of nitrogens with zero attached hydrogens (tertiary/aromatic N) is 4. The van der Waals surface area contributed by atoms with E-state index in [0.717, 1.165) is 23.4 Å². The van der Waals surface area contributed by atoms with Gasteiger partial charge in [-0.05, 0) is 47.8 Å². The number of fused-ring (bicyclic) bond motifs is 1. The Labute approximate surface area is 230 Å². The van der Waals surface area contributed by atoms with Gasteiger partial charge in [0, 0.05) is 36.5 Å². The van der Waals surface area contributed by atoms with Gasteiger partial charge < -0.3 is 20.8 Å². The lowest BCUT2D eigenvalue weighted by atomic mass is 9.84. The third-order valence-corrected chi connectivity index (χ3v) is 12.4. The van der Waals surface area contributed by atoms with Crippen molar-refractivity contribution in [3.05, 3.63) is 41.9 Å². The maximum Gasteiger partial charge on any atom is 0.257 e. The van der Waals surface area contributed by atoms with Crippen molar-refractivity contribution in [2.45, 2.75) is 84.0 Å². The highest BCUT2D eigenvalue weighted by molar-refractivity contribution is 6.74. The van der Waals surface area contributed by atoms with Gasteiger partial charge in [0.2, 0.25) is 5.95 Å². The van der Waals surface area contributed by atoms with Crippen LogP contribution >= 0.6 is 0 Å². The lowest BCUT2D eigenvalue weighted by molar-refractivity contribution is 0.121. The Kier molecular flexibility index (Phi) is 7.79. The molecule has 0 unspecified atom stereocenters. The predicted molar refractivity (Wildman–Crippen MR) is 156 cm³/mol. The summed E-state index contributed by atoms with van der Waals surface area (Å²) in [7, 11) is -1.93. The van der Waals surface area contributed by atoms with Gasteiger partial charge in [-0.15, -0.1) is 0 Å². The van der Waals surface area contributed by atoms with E-state index in [0.29, 0.717) is 35.3 Å². The van der Waals surface area contributed by atoms with Crippen molar-refractivity contribution >= 4 is 31.3 Å². The number of nitrogens with one attached hydrogen (secondary N) is 2. The fraction of sp³-hybridized carbons (Fsp3) is 0.536. The maximum atomic E-state index is 12.9. The Morgan fingerprint density at radius 1 is 1.26 bits per heavy atom. The molecule has 0 saturated heterocycles. The zero-order valence-electron chi connectivity index (χ0n) is 24.2. The van der Waals surface area contributed by atoms with Crippen LogP contribution in [-0.2, 0) is 16.4 Å². The first-order valence-electron chi connectivity index (χ1n) is 13.4. The first-order valence-corrected chi connectivity index (χ1v) is 16.3. The molecule has 2 aromatic heterocycles. The fourth-order valence-corrected chi connectivity index (χ4v) is 5.56. The number of rotatable bonds is 9. The van der Waals surface area contributed by atoms with Crippen LogP contribution in [0.4, 0.5) is 31.8 Å². The number of hydrogen-bond donors (Lipinski definition) is 3. The minimum absolute atomic E-state index is 0.0323. The van der Waals surface area contributed by atoms with E-state index >= 15 is 0 Å². The Hall–Kier alpha value is -3.05. The number of halogens is 2. The molecule has 1 aromatic carbocycles. The van der Waals surface area contributed by atoms with E-state index in [1.54, 1.807) is 12.4 Å². The van der Waals surface area contributed by atoms with Crippen molar-refractivity contribution in [2.75, 3.05) is 29.5 Å². The third-order valence-electron chi connectivity index (χ3n) is 7.89. The molecule has 0 aliphatic carbocycles. The highest BCUT2D eigenvalue weighted by Gasteiger charge is 2.42. The molecule has 0 radical (unpaired) electrons. The second-order valence-corrected chi connectivity index (χ2v) is 17.3. The summed E-state index contributed by atoms with van der Waals surface area (Å²) >= 11 is 0. The van der Waals surface area contributed by atoms with Gasteiger partial charge in [-0.1, -0.05) is 41.5 Å². The van der Waals surface area contributed by atoms with Crippen LogP contribution in [0.25, 0.3) is 11.3 Å². The molecule has 4 rings (SSSR count). The number of benzene rings is 1. The molecule has 0 fully saturated rings. The van der Waals surface area contributed by atoms with Gasteiger partial charge in [-0.25, -0.2) is 18.7 Å². The number of anilines is 4. The van der Waals surface area contributed by atoms with E-state index in [2.05, 4.69) is 67.6 Å². The van der Waals surface area contributed by atoms with Crippen LogP contribution in [0.5, 0.6) is 0 Å². The molecule has 0 spiro atoms. The van der Waals surface area contributed by atoms with Gasteiger partial charge in [0.15, 0.2) is 8.32 Å². The smallest absolute Gasteiger partial charge is 0.257 e. The van der Waals surface area contributed by atoms with Gasteiger partial charge in [0.05, 0.1) is 28.5 Å². The molecule has 1 aliphatic heterocycles. The lowest BCUT2D eigenvalue weighted by Crippen LogP contribution is -2.45. The first kappa shape index (κ1) is 28.9. The van der Waals surface area contributed by atoms with E-state index < -0.39 is 21.3 Å². The summed E-state index contributed by atoms with van der Waals surface area (Å²) < 4.78 is 33.8. The van der Waals surface area contributed by atoms with Crippen molar-refractivity contribution in [1.29, 1.82) is 0 Å². The molecule has 0 saturated carbocycles. The Morgan fingerprint density at radius 2 is 1.97 bits per heavy atom. The Bertz CT molecular complexity index is 1340. The van der Waals surface area contributed by atoms with E-state index in [1.165, 1.54) is 4.68 Å². The van der Waals surface area contributed by atoms with Gasteiger partial charge in [-0.3, -0.25) is 4.68 Å². The van der Waals surface area contributed by atoms with Crippen molar-refractivity contribution < 1.29 is 13.2 Å². The van der Waals surface area contributed by atoms with Crippen LogP contribution in [0.2, 0.25) is 18.1 Å². The largest absolute Gasteiger partial charge is 0.416 e. The SMILES string of the molecule is CC(C)c1nn(CC(F)F)cc1Nc1nccc(-c2cc(N)c3c(c2)[C@@](C)(CO[Si](C)(C)C(C)(C)C)CN3)n1. The van der Waals surface area contributed by atoms with E-state index in [4.69, 9.17) is 15.1 Å². The second-order valence-electron chi connectivity index (χ2n) is 12.5. The molecular formula is C28H41F2N7OSi. The molecule has 212 valence electrons. The standard InChI is InChI=1S/C28H41F2N7OSi/c1-17(2)24-22(13-37(36-24)14-23(29)30)35-26-32-10-9-21(34-26)18-11-19-25(20(31)12-18)33-15-28(19,6)16-38-39(7,8)27(3,4)5/h9-13,17,23,33H,14-16,31H2,1-8H3,(H,32,34,35)/t28-/m1/s1. The summed E-state index contributed by atoms with van der Waals surface area (Å²) in [5, 5.41) is 11.1. The van der Waals surface area contributed by atoms with Crippen molar-refractivity contribution in [3.63, 3.8) is 0 Å². The van der Waals surface area contributed by atoms with Gasteiger partial charge in [0.25, 0.3) is 6.43 Å². The molecule has 39 heavy (non-hydrogen) atoms. The fourth-order valence-electron chi connectivity index (χ4n) is 4.44. The number of nitrogen functional groups attached to an aromatic ring is 1. The summed E-state index contributed by atoms with van der Waals surface area (Å²) in [6.45, 7) is 18.3. The molecule has 11 heteroatoms. The van der Waals surface area contributed by atoms with E-state index in [1.807, 2.05) is 26.0 Å². The summed E-state index contributed by atoms with van der Waals surface area (Å²) in [5.74, 6) is 0.386. The molecule has 1 atom stereocenters. The molecule has 8 nitrogen and oxygen atoms in total. The average molecular weight is 558 g/mol. The quantitative estimate of drug-likeness (QED) is 0.197. The predicted octanol–water partition coefficient (Wildman–Crippen LogP) is 6.76. The average Bonchev–Trinajstić information content (AvgIpc) is 3.38. The zero-order valence-corrected chi connectivity index (χ0v) is 25.2. The van der Waals surface area contributed by atoms with E-state index in [-0.39, 0.29) is 16.4 Å². The lowest BCUT2D eigenvalue weighted by Gasteiger charge is -2.39. The van der Waals surface area contributed by atoms with Gasteiger partial charge in [0.1, 0.15) is 6.54 Å². The first-order chi connectivity index (χ1) is 18.1. The highest BCUT2D eigenvalue weighted by atomic mass is 28.4. The third kappa shape index (κ3) is 6.09. The molecule has 4 N–H and O–H groups in total. The van der Waals surface area contributed by atoms with Crippen molar-refractivity contribution in [2.24, 2.45) is 0 Å². The number of hydrogen-bond acceptors (Lipinski definition) is 7. The molecular weight excluding hydrogens is 516 g/mol. The van der Waals surface area contributed by atoms with Crippen LogP contribution in [0.1, 0.15) is 58.7 Å². The minimum atomic E-state index is -2.49. The summed E-state index contributed by atoms with van der Waals surface area (Å²) in [5.41, 5.74) is 11.8. The molecule has 0 bridgehead atoms. The van der Waals surface area contributed by atoms with Crippen LogP contribution in [0.3, 0.4) is 0 Å². The highest BCUT2D eigenvalue weighted by Crippen LogP contribution is 2.45. The topological polar surface area (TPSA) is 103 Å². The van der Waals surface area contributed by atoms with Crippen molar-refractivity contribution in [1.82, 2.24) is 19.7 Å². The number of aromatic nitrogens is 4. The second kappa shape index (κ2) is 10.5. The summed E-state index contributed by atoms with van der Waals surface area (Å²) in [4.78, 5) is 9.10.